The molecular weight excluding hydrogens is 260 g/mol. The first-order valence-corrected chi connectivity index (χ1v) is 7.40. The highest BCUT2D eigenvalue weighted by atomic mass is 16.5. The first kappa shape index (κ1) is 15.3. The lowest BCUT2D eigenvalue weighted by Gasteiger charge is -2.46. The van der Waals surface area contributed by atoms with Gasteiger partial charge in [-0.15, -0.1) is 0 Å². The van der Waals surface area contributed by atoms with Gasteiger partial charge in [-0.2, -0.15) is 0 Å². The summed E-state index contributed by atoms with van der Waals surface area (Å²) in [7, 11) is 1.25. The quantitative estimate of drug-likeness (QED) is 0.636. The summed E-state index contributed by atoms with van der Waals surface area (Å²) in [5, 5.41) is 9.53. The zero-order valence-corrected chi connectivity index (χ0v) is 12.3. The molecule has 1 aliphatic heterocycles. The van der Waals surface area contributed by atoms with E-state index in [9.17, 15) is 14.7 Å². The predicted octanol–water partition coefficient (Wildman–Crippen LogP) is 2.38. The topological polar surface area (TPSA) is 72.8 Å². The van der Waals surface area contributed by atoms with Gasteiger partial charge in [0.05, 0.1) is 12.7 Å². The number of rotatable bonds is 3. The molecule has 5 heteroatoms. The van der Waals surface area contributed by atoms with Crippen molar-refractivity contribution in [3.63, 3.8) is 0 Å². The molecule has 2 unspecified atom stereocenters. The Kier molecular flexibility index (Phi) is 4.37. The fourth-order valence-corrected chi connectivity index (χ4v) is 3.71. The number of carbonyl (C=O) groups is 2. The second-order valence-electron chi connectivity index (χ2n) is 6.28. The van der Waals surface area contributed by atoms with E-state index in [-0.39, 0.29) is 11.5 Å². The van der Waals surface area contributed by atoms with E-state index in [1.54, 1.807) is 0 Å². The number of hydrogen-bond donors (Lipinski definition) is 1. The van der Waals surface area contributed by atoms with E-state index in [2.05, 4.69) is 0 Å². The van der Waals surface area contributed by atoms with Crippen molar-refractivity contribution in [2.75, 3.05) is 13.7 Å². The van der Waals surface area contributed by atoms with Crippen molar-refractivity contribution in [1.82, 2.24) is 0 Å². The zero-order valence-electron chi connectivity index (χ0n) is 12.3. The van der Waals surface area contributed by atoms with Gasteiger partial charge in [0, 0.05) is 6.61 Å². The molecule has 1 saturated carbocycles. The monoisotopic (exact) mass is 284 g/mol. The third-order valence-corrected chi connectivity index (χ3v) is 5.13. The number of ether oxygens (including phenoxy) is 2. The first-order chi connectivity index (χ1) is 9.44. The minimum absolute atomic E-state index is 0.216. The third-order valence-electron chi connectivity index (χ3n) is 5.13. The highest BCUT2D eigenvalue weighted by molar-refractivity contribution is 5.99. The molecule has 1 N–H and O–H groups in total. The molecule has 0 aromatic carbocycles. The lowest BCUT2D eigenvalue weighted by molar-refractivity contribution is -0.181. The molecule has 1 heterocycles. The maximum Gasteiger partial charge on any atom is 0.323 e. The lowest BCUT2D eigenvalue weighted by atomic mass is 9.66. The molecule has 20 heavy (non-hydrogen) atoms. The molecule has 0 aromatic rings. The Hall–Kier alpha value is -1.10. The molecule has 2 aliphatic rings. The van der Waals surface area contributed by atoms with Crippen molar-refractivity contribution in [2.45, 2.75) is 57.5 Å². The second kappa shape index (κ2) is 5.72. The van der Waals surface area contributed by atoms with Crippen LogP contribution in [0.5, 0.6) is 0 Å². The molecule has 2 rings (SSSR count). The van der Waals surface area contributed by atoms with Gasteiger partial charge in [-0.1, -0.05) is 19.3 Å². The summed E-state index contributed by atoms with van der Waals surface area (Å²) in [4.78, 5) is 23.7. The van der Waals surface area contributed by atoms with Crippen LogP contribution in [0.3, 0.4) is 0 Å². The van der Waals surface area contributed by atoms with E-state index in [1.165, 1.54) is 20.5 Å². The van der Waals surface area contributed by atoms with Gasteiger partial charge in [-0.05, 0) is 38.5 Å². The van der Waals surface area contributed by atoms with Crippen LogP contribution in [0.15, 0.2) is 0 Å². The summed E-state index contributed by atoms with van der Waals surface area (Å²) >= 11 is 0. The Bertz CT molecular complexity index is 380. The van der Waals surface area contributed by atoms with Crippen LogP contribution < -0.4 is 0 Å². The standard InChI is InChI=1S/C15H24O5/c1-14(12(16)17,13(18)19-2)11-6-9-20-15(10-11)7-4-3-5-8-15/h11H,3-10H2,1-2H3,(H,16,17). The highest BCUT2D eigenvalue weighted by Gasteiger charge is 2.53. The van der Waals surface area contributed by atoms with E-state index in [4.69, 9.17) is 9.47 Å². The van der Waals surface area contributed by atoms with E-state index in [0.717, 1.165) is 25.7 Å². The molecule has 1 spiro atoms. The van der Waals surface area contributed by atoms with Crippen molar-refractivity contribution < 1.29 is 24.2 Å². The Morgan fingerprint density at radius 2 is 1.95 bits per heavy atom. The van der Waals surface area contributed by atoms with Crippen LogP contribution >= 0.6 is 0 Å². The van der Waals surface area contributed by atoms with E-state index in [0.29, 0.717) is 19.4 Å². The van der Waals surface area contributed by atoms with Gasteiger partial charge in [0.1, 0.15) is 0 Å². The molecule has 0 amide bonds. The maximum absolute atomic E-state index is 12.0. The number of carbonyl (C=O) groups excluding carboxylic acids is 1. The van der Waals surface area contributed by atoms with Crippen LogP contribution in [0.4, 0.5) is 0 Å². The number of methoxy groups -OCH3 is 1. The number of carboxylic acids is 1. The Balaban J connectivity index is 2.21. The van der Waals surface area contributed by atoms with Gasteiger partial charge in [-0.25, -0.2) is 0 Å². The van der Waals surface area contributed by atoms with Crippen molar-refractivity contribution in [2.24, 2.45) is 11.3 Å². The summed E-state index contributed by atoms with van der Waals surface area (Å²) in [5.74, 6) is -1.97. The Morgan fingerprint density at radius 3 is 2.50 bits per heavy atom. The van der Waals surface area contributed by atoms with Crippen molar-refractivity contribution in [3.8, 4) is 0 Å². The third kappa shape index (κ3) is 2.55. The van der Waals surface area contributed by atoms with Crippen molar-refractivity contribution in [3.05, 3.63) is 0 Å². The molecule has 2 fully saturated rings. The first-order valence-electron chi connectivity index (χ1n) is 7.40. The summed E-state index contributed by atoms with van der Waals surface area (Å²) in [5.41, 5.74) is -1.69. The molecule has 5 nitrogen and oxygen atoms in total. The normalized spacial score (nSPS) is 28.6. The van der Waals surface area contributed by atoms with E-state index < -0.39 is 17.4 Å². The largest absolute Gasteiger partial charge is 0.480 e. The van der Waals surface area contributed by atoms with Crippen LogP contribution in [0, 0.1) is 11.3 Å². The fraction of sp³-hybridized carbons (Fsp3) is 0.867. The number of esters is 1. The van der Waals surface area contributed by atoms with Gasteiger partial charge < -0.3 is 14.6 Å². The van der Waals surface area contributed by atoms with Gasteiger partial charge in [0.15, 0.2) is 5.41 Å². The minimum Gasteiger partial charge on any atom is -0.480 e. The SMILES string of the molecule is COC(=O)C(C)(C(=O)O)C1CCOC2(CCCCC2)C1. The average Bonchev–Trinajstić information content (AvgIpc) is 2.46. The molecule has 114 valence electrons. The molecule has 0 bridgehead atoms. The number of aliphatic carboxylic acids is 1. The van der Waals surface area contributed by atoms with Crippen LogP contribution in [-0.2, 0) is 19.1 Å². The molecular formula is C15H24O5. The van der Waals surface area contributed by atoms with Crippen LogP contribution in [0.1, 0.15) is 51.9 Å². The Labute approximate surface area is 119 Å². The number of hydrogen-bond acceptors (Lipinski definition) is 4. The fourth-order valence-electron chi connectivity index (χ4n) is 3.71. The summed E-state index contributed by atoms with van der Waals surface area (Å²) < 4.78 is 10.7. The molecule has 0 radical (unpaired) electrons. The van der Waals surface area contributed by atoms with Crippen LogP contribution in [0.2, 0.25) is 0 Å². The second-order valence-corrected chi connectivity index (χ2v) is 6.28. The number of carboxylic acid groups (broad SMARTS) is 1. The zero-order chi connectivity index (χ0) is 14.8. The molecule has 0 aromatic heterocycles. The van der Waals surface area contributed by atoms with Gasteiger partial charge in [0.2, 0.25) is 0 Å². The average molecular weight is 284 g/mol. The predicted molar refractivity (Wildman–Crippen MR) is 72.3 cm³/mol. The van der Waals surface area contributed by atoms with Gasteiger partial charge >= 0.3 is 11.9 Å². The van der Waals surface area contributed by atoms with Crippen LogP contribution in [-0.4, -0.2) is 36.4 Å². The summed E-state index contributed by atoms with van der Waals surface area (Å²) in [6, 6.07) is 0. The van der Waals surface area contributed by atoms with Crippen molar-refractivity contribution in [1.29, 1.82) is 0 Å². The van der Waals surface area contributed by atoms with Crippen molar-refractivity contribution >= 4 is 11.9 Å². The lowest BCUT2D eigenvalue weighted by Crippen LogP contribution is -2.51. The van der Waals surface area contributed by atoms with Gasteiger partial charge in [-0.3, -0.25) is 9.59 Å². The smallest absolute Gasteiger partial charge is 0.323 e. The maximum atomic E-state index is 12.0. The van der Waals surface area contributed by atoms with E-state index >= 15 is 0 Å². The highest BCUT2D eigenvalue weighted by Crippen LogP contribution is 2.46. The van der Waals surface area contributed by atoms with Crippen LogP contribution in [0.25, 0.3) is 0 Å². The minimum atomic E-state index is -1.47. The van der Waals surface area contributed by atoms with Gasteiger partial charge in [0.25, 0.3) is 0 Å². The molecule has 1 aliphatic carbocycles. The summed E-state index contributed by atoms with van der Waals surface area (Å²) in [6.07, 6.45) is 6.64. The molecule has 1 saturated heterocycles. The molecule has 2 atom stereocenters. The Morgan fingerprint density at radius 1 is 1.30 bits per heavy atom. The summed E-state index contributed by atoms with van der Waals surface area (Å²) in [6.45, 7) is 2.03. The van der Waals surface area contributed by atoms with E-state index in [1.807, 2.05) is 0 Å².